The second-order valence-electron chi connectivity index (χ2n) is 11.6. The van der Waals surface area contributed by atoms with Crippen LogP contribution in [0.3, 0.4) is 0 Å². The third-order valence-corrected chi connectivity index (χ3v) is 7.45. The van der Waals surface area contributed by atoms with Gasteiger partial charge >= 0.3 is 6.09 Å². The Labute approximate surface area is 250 Å². The van der Waals surface area contributed by atoms with Gasteiger partial charge in [0.05, 0.1) is 23.2 Å². The third-order valence-electron chi connectivity index (χ3n) is 6.61. The predicted molar refractivity (Wildman–Crippen MR) is 168 cm³/mol. The van der Waals surface area contributed by atoms with Gasteiger partial charge in [-0.1, -0.05) is 24.3 Å². The molecule has 10 nitrogen and oxygen atoms in total. The first-order valence-electron chi connectivity index (χ1n) is 14.0. The van der Waals surface area contributed by atoms with Gasteiger partial charge in [0.15, 0.2) is 0 Å². The number of aromatic nitrogens is 3. The van der Waals surface area contributed by atoms with E-state index in [0.717, 1.165) is 45.5 Å². The molecule has 1 aliphatic heterocycles. The first-order valence-corrected chi connectivity index (χ1v) is 14.9. The summed E-state index contributed by atoms with van der Waals surface area (Å²) < 4.78 is 12.1. The molecule has 1 saturated heterocycles. The number of amides is 1. The molecule has 1 fully saturated rings. The highest BCUT2D eigenvalue weighted by molar-refractivity contribution is 7.13. The molecule has 1 amide bonds. The van der Waals surface area contributed by atoms with E-state index in [1.807, 2.05) is 83.1 Å². The lowest BCUT2D eigenvalue weighted by Gasteiger charge is -2.34. The van der Waals surface area contributed by atoms with Crippen LogP contribution in [-0.4, -0.2) is 76.0 Å². The number of aliphatic imine (C=N–C) groups is 1. The van der Waals surface area contributed by atoms with Gasteiger partial charge in [0.2, 0.25) is 11.8 Å². The molecule has 11 heteroatoms. The molecule has 0 bridgehead atoms. The minimum absolute atomic E-state index is 0.0152. The first-order chi connectivity index (χ1) is 20.1. The largest absolute Gasteiger partial charge is 0.444 e. The smallest absolute Gasteiger partial charge is 0.410 e. The molecule has 0 unspecified atom stereocenters. The number of hydrogen-bond donors (Lipinski definition) is 1. The molecule has 42 heavy (non-hydrogen) atoms. The molecule has 4 aromatic rings. The van der Waals surface area contributed by atoms with Crippen molar-refractivity contribution in [3.05, 3.63) is 53.7 Å². The molecule has 0 saturated carbocycles. The molecule has 3 heterocycles. The Morgan fingerprint density at radius 2 is 1.98 bits per heavy atom. The van der Waals surface area contributed by atoms with Crippen molar-refractivity contribution < 1.29 is 14.3 Å². The summed E-state index contributed by atoms with van der Waals surface area (Å²) in [6, 6.07) is 12.0. The summed E-state index contributed by atoms with van der Waals surface area (Å²) in [5, 5.41) is 5.37. The summed E-state index contributed by atoms with van der Waals surface area (Å²) in [4.78, 5) is 35.5. The van der Waals surface area contributed by atoms with Gasteiger partial charge in [0, 0.05) is 50.2 Å². The number of piperidine rings is 1. The van der Waals surface area contributed by atoms with Crippen molar-refractivity contribution in [3.63, 3.8) is 0 Å². The second kappa shape index (κ2) is 12.3. The van der Waals surface area contributed by atoms with Crippen molar-refractivity contribution in [1.82, 2.24) is 24.8 Å². The first kappa shape index (κ1) is 29.2. The van der Waals surface area contributed by atoms with Gasteiger partial charge in [-0.25, -0.2) is 24.7 Å². The van der Waals surface area contributed by atoms with Crippen LogP contribution in [0.1, 0.15) is 39.2 Å². The van der Waals surface area contributed by atoms with E-state index in [-0.39, 0.29) is 12.1 Å². The Morgan fingerprint density at radius 3 is 2.74 bits per heavy atom. The molecule has 1 N–H and O–H groups in total. The Kier molecular flexibility index (Phi) is 8.58. The number of rotatable bonds is 7. The SMILES string of the molecule is Cc1cc(N=CN(C)C)c2ccccc2c1Oc1ncsc1-c1ccnc(N[C@H]2CCCN(C(=O)OC(C)(C)C)C2)n1. The minimum atomic E-state index is -0.531. The van der Waals surface area contributed by atoms with E-state index in [2.05, 4.69) is 20.3 Å². The van der Waals surface area contributed by atoms with Crippen LogP contribution < -0.4 is 10.1 Å². The lowest BCUT2D eigenvalue weighted by molar-refractivity contribution is 0.0206. The zero-order valence-electron chi connectivity index (χ0n) is 24.9. The Balaban J connectivity index is 1.36. The molecule has 1 atom stereocenters. The maximum atomic E-state index is 12.6. The molecular formula is C31H37N7O3S. The number of thiazole rings is 1. The van der Waals surface area contributed by atoms with Gasteiger partial charge in [0.1, 0.15) is 16.2 Å². The van der Waals surface area contributed by atoms with Crippen LogP contribution in [-0.2, 0) is 4.74 Å². The number of aryl methyl sites for hydroxylation is 1. The van der Waals surface area contributed by atoms with Crippen LogP contribution in [0.5, 0.6) is 11.6 Å². The normalized spacial score (nSPS) is 15.7. The monoisotopic (exact) mass is 587 g/mol. The fourth-order valence-corrected chi connectivity index (χ4v) is 5.47. The van der Waals surface area contributed by atoms with E-state index in [9.17, 15) is 4.79 Å². The Morgan fingerprint density at radius 1 is 1.19 bits per heavy atom. The highest BCUT2D eigenvalue weighted by Crippen LogP contribution is 2.41. The molecule has 0 radical (unpaired) electrons. The minimum Gasteiger partial charge on any atom is -0.444 e. The van der Waals surface area contributed by atoms with Gasteiger partial charge in [-0.15, -0.1) is 11.3 Å². The van der Waals surface area contributed by atoms with E-state index < -0.39 is 5.60 Å². The standard InChI is InChI=1S/C31H37N7O3S/c1-20-16-25(33-18-37(5)6)22-11-7-8-12-23(22)26(20)40-28-27(42-19-34-28)24-13-14-32-29(36-24)35-21-10-9-15-38(17-21)30(39)41-31(2,3)4/h7-8,11-14,16,18-19,21H,9-10,15,17H2,1-6H3,(H,32,35,36)/t21-/m0/s1. The number of nitrogens with zero attached hydrogens (tertiary/aromatic N) is 6. The lowest BCUT2D eigenvalue weighted by atomic mass is 10.0. The topological polar surface area (TPSA) is 105 Å². The fourth-order valence-electron chi connectivity index (χ4n) is 4.79. The van der Waals surface area contributed by atoms with Crippen molar-refractivity contribution >= 4 is 46.2 Å². The van der Waals surface area contributed by atoms with Gasteiger partial charge < -0.3 is 24.6 Å². The number of fused-ring (bicyclic) bond motifs is 1. The van der Waals surface area contributed by atoms with E-state index in [1.165, 1.54) is 11.3 Å². The predicted octanol–water partition coefficient (Wildman–Crippen LogP) is 6.89. The zero-order chi connectivity index (χ0) is 29.9. The number of carbonyl (C=O) groups excluding carboxylic acids is 1. The summed E-state index contributed by atoms with van der Waals surface area (Å²) in [6.45, 7) is 8.84. The fraction of sp³-hybridized carbons (Fsp3) is 0.387. The maximum absolute atomic E-state index is 12.6. The van der Waals surface area contributed by atoms with Crippen molar-refractivity contribution in [2.75, 3.05) is 32.5 Å². The van der Waals surface area contributed by atoms with Crippen LogP contribution in [0.2, 0.25) is 0 Å². The maximum Gasteiger partial charge on any atom is 0.410 e. The molecule has 220 valence electrons. The summed E-state index contributed by atoms with van der Waals surface area (Å²) in [5.41, 5.74) is 3.76. The Bertz CT molecular complexity index is 1600. The van der Waals surface area contributed by atoms with Crippen LogP contribution in [0.4, 0.5) is 16.4 Å². The van der Waals surface area contributed by atoms with E-state index in [1.54, 1.807) is 22.9 Å². The van der Waals surface area contributed by atoms with E-state index in [4.69, 9.17) is 14.5 Å². The average molecular weight is 588 g/mol. The number of hydrogen-bond acceptors (Lipinski definition) is 9. The van der Waals surface area contributed by atoms with Crippen molar-refractivity contribution in [3.8, 4) is 22.2 Å². The number of carbonyl (C=O) groups is 1. The average Bonchev–Trinajstić information content (AvgIpc) is 3.41. The molecule has 1 aliphatic rings. The molecular weight excluding hydrogens is 550 g/mol. The van der Waals surface area contributed by atoms with Crippen LogP contribution in [0.15, 0.2) is 53.1 Å². The number of ether oxygens (including phenoxy) is 2. The molecule has 0 aliphatic carbocycles. The van der Waals surface area contributed by atoms with Crippen molar-refractivity contribution in [1.29, 1.82) is 0 Å². The third kappa shape index (κ3) is 6.96. The molecule has 5 rings (SSSR count). The molecule has 2 aromatic carbocycles. The van der Waals surface area contributed by atoms with Crippen LogP contribution in [0, 0.1) is 6.92 Å². The van der Waals surface area contributed by atoms with Crippen molar-refractivity contribution in [2.24, 2.45) is 4.99 Å². The summed E-state index contributed by atoms with van der Waals surface area (Å²) in [7, 11) is 3.89. The quantitative estimate of drug-likeness (QED) is 0.184. The van der Waals surface area contributed by atoms with Crippen molar-refractivity contribution in [2.45, 2.75) is 52.2 Å². The number of benzene rings is 2. The zero-order valence-corrected chi connectivity index (χ0v) is 25.7. The summed E-state index contributed by atoms with van der Waals surface area (Å²) >= 11 is 1.46. The Hall–Kier alpha value is -4.25. The van der Waals surface area contributed by atoms with Gasteiger partial charge in [-0.05, 0) is 58.2 Å². The van der Waals surface area contributed by atoms with E-state index in [0.29, 0.717) is 30.6 Å². The summed E-state index contributed by atoms with van der Waals surface area (Å²) in [6.07, 6.45) is 5.00. The number of anilines is 1. The lowest BCUT2D eigenvalue weighted by Crippen LogP contribution is -2.47. The number of nitrogens with one attached hydrogen (secondary N) is 1. The molecule has 0 spiro atoms. The summed E-state index contributed by atoms with van der Waals surface area (Å²) in [5.74, 6) is 1.71. The van der Waals surface area contributed by atoms with E-state index >= 15 is 0 Å². The van der Waals surface area contributed by atoms with Gasteiger partial charge in [-0.2, -0.15) is 0 Å². The van der Waals surface area contributed by atoms with Crippen LogP contribution in [0.25, 0.3) is 21.3 Å². The number of likely N-dealkylation sites (tertiary alicyclic amines) is 1. The highest BCUT2D eigenvalue weighted by Gasteiger charge is 2.28. The highest BCUT2D eigenvalue weighted by atomic mass is 32.1. The van der Waals surface area contributed by atoms with Gasteiger partial charge in [-0.3, -0.25) is 0 Å². The van der Waals surface area contributed by atoms with Gasteiger partial charge in [0.25, 0.3) is 0 Å². The molecule has 2 aromatic heterocycles. The van der Waals surface area contributed by atoms with Crippen LogP contribution >= 0.6 is 11.3 Å². The second-order valence-corrected chi connectivity index (χ2v) is 12.4.